The summed E-state index contributed by atoms with van der Waals surface area (Å²) in [5.41, 5.74) is 5.23. The van der Waals surface area contributed by atoms with Crippen molar-refractivity contribution in [2.75, 3.05) is 32.8 Å². The van der Waals surface area contributed by atoms with Crippen molar-refractivity contribution in [2.24, 2.45) is 5.92 Å². The fourth-order valence-electron chi connectivity index (χ4n) is 4.88. The van der Waals surface area contributed by atoms with E-state index >= 15 is 0 Å². The highest BCUT2D eigenvalue weighted by Gasteiger charge is 2.25. The van der Waals surface area contributed by atoms with E-state index in [0.717, 1.165) is 61.0 Å². The molecule has 2 aromatic carbocycles. The van der Waals surface area contributed by atoms with Crippen molar-refractivity contribution >= 4 is 11.5 Å². The van der Waals surface area contributed by atoms with Crippen molar-refractivity contribution < 1.29 is 18.3 Å². The van der Waals surface area contributed by atoms with E-state index in [9.17, 15) is 13.6 Å². The number of carbonyl (C=O) groups is 1. The maximum absolute atomic E-state index is 14.9. The number of carbonyl (C=O) groups excluding carboxylic acids is 1. The maximum Gasteiger partial charge on any atom is 0.251 e. The number of aryl methyl sites for hydroxylation is 1. The molecule has 2 aromatic rings. The summed E-state index contributed by atoms with van der Waals surface area (Å²) >= 11 is 0. The largest absolute Gasteiger partial charge is 0.381 e. The zero-order valence-electron chi connectivity index (χ0n) is 19.1. The monoisotopic (exact) mass is 452 g/mol. The van der Waals surface area contributed by atoms with Crippen LogP contribution in [0.1, 0.15) is 42.9 Å². The molecule has 2 aliphatic heterocycles. The number of hydrogen-bond acceptors (Lipinski definition) is 3. The van der Waals surface area contributed by atoms with Gasteiger partial charge in [0, 0.05) is 30.1 Å². The first kappa shape index (κ1) is 22.2. The predicted molar refractivity (Wildman–Crippen MR) is 125 cm³/mol. The van der Waals surface area contributed by atoms with Crippen LogP contribution in [0, 0.1) is 17.6 Å². The molecule has 0 bridgehead atoms. The highest BCUT2D eigenvalue weighted by Crippen LogP contribution is 2.35. The Kier molecular flexibility index (Phi) is 6.30. The highest BCUT2D eigenvalue weighted by atomic mass is 19.2. The van der Waals surface area contributed by atoms with Gasteiger partial charge in [0.2, 0.25) is 0 Å². The van der Waals surface area contributed by atoms with Crippen LogP contribution in [-0.2, 0) is 22.5 Å². The number of allylic oxidation sites excluding steroid dienone is 1. The van der Waals surface area contributed by atoms with Crippen molar-refractivity contribution in [3.05, 3.63) is 64.2 Å². The molecule has 0 aromatic heterocycles. The van der Waals surface area contributed by atoms with E-state index in [4.69, 9.17) is 4.74 Å². The topological polar surface area (TPSA) is 41.6 Å². The Morgan fingerprint density at radius 2 is 1.91 bits per heavy atom. The molecule has 5 rings (SSSR count). The van der Waals surface area contributed by atoms with E-state index in [1.54, 1.807) is 6.07 Å². The normalized spacial score (nSPS) is 18.9. The van der Waals surface area contributed by atoms with E-state index in [1.807, 2.05) is 25.1 Å². The molecule has 6 heteroatoms. The molecule has 2 heterocycles. The average molecular weight is 453 g/mol. The number of amides is 1. The summed E-state index contributed by atoms with van der Waals surface area (Å²) in [6.45, 7) is 6.54. The molecule has 2 fully saturated rings. The Bertz CT molecular complexity index is 1100. The molecule has 1 amide bonds. The van der Waals surface area contributed by atoms with Crippen LogP contribution < -0.4 is 5.32 Å². The first-order chi connectivity index (χ1) is 16.0. The summed E-state index contributed by atoms with van der Waals surface area (Å²) in [6, 6.07) is 8.74. The van der Waals surface area contributed by atoms with Crippen LogP contribution in [0.3, 0.4) is 0 Å². The zero-order valence-corrected chi connectivity index (χ0v) is 19.1. The van der Waals surface area contributed by atoms with Crippen LogP contribution >= 0.6 is 0 Å². The minimum Gasteiger partial charge on any atom is -0.381 e. The van der Waals surface area contributed by atoms with Crippen molar-refractivity contribution in [1.29, 1.82) is 0 Å². The second kappa shape index (κ2) is 9.35. The SMILES string of the molecule is CC1=C(C(=O)NCC2COC2)c2cc(-c3cc(CN4CCC4)cc(F)c3F)ccc2CCC1. The van der Waals surface area contributed by atoms with Crippen molar-refractivity contribution in [3.8, 4) is 11.1 Å². The number of hydrogen-bond donors (Lipinski definition) is 1. The molecular weight excluding hydrogens is 422 g/mol. The first-order valence-corrected chi connectivity index (χ1v) is 11.9. The van der Waals surface area contributed by atoms with Gasteiger partial charge in [0.05, 0.1) is 13.2 Å². The van der Waals surface area contributed by atoms with E-state index in [1.165, 1.54) is 6.07 Å². The van der Waals surface area contributed by atoms with Gasteiger partial charge in [-0.2, -0.15) is 0 Å². The third kappa shape index (κ3) is 4.59. The molecule has 33 heavy (non-hydrogen) atoms. The molecule has 0 radical (unpaired) electrons. The van der Waals surface area contributed by atoms with Gasteiger partial charge in [-0.25, -0.2) is 8.78 Å². The van der Waals surface area contributed by atoms with E-state index in [2.05, 4.69) is 10.2 Å². The number of likely N-dealkylation sites (tertiary alicyclic amines) is 1. The number of benzene rings is 2. The van der Waals surface area contributed by atoms with Gasteiger partial charge in [-0.05, 0) is 86.1 Å². The lowest BCUT2D eigenvalue weighted by Gasteiger charge is -2.30. The lowest BCUT2D eigenvalue weighted by Crippen LogP contribution is -2.39. The Morgan fingerprint density at radius 1 is 1.09 bits per heavy atom. The highest BCUT2D eigenvalue weighted by molar-refractivity contribution is 6.21. The van der Waals surface area contributed by atoms with E-state index in [-0.39, 0.29) is 11.5 Å². The van der Waals surface area contributed by atoms with Crippen molar-refractivity contribution in [3.63, 3.8) is 0 Å². The average Bonchev–Trinajstić information content (AvgIpc) is 2.89. The molecular formula is C27H30F2N2O2. The molecule has 174 valence electrons. The quantitative estimate of drug-likeness (QED) is 0.690. The molecule has 0 atom stereocenters. The third-order valence-electron chi connectivity index (χ3n) is 7.04. The number of ether oxygens (including phenoxy) is 1. The van der Waals surface area contributed by atoms with Gasteiger partial charge < -0.3 is 10.1 Å². The second-order valence-electron chi connectivity index (χ2n) is 9.56. The lowest BCUT2D eigenvalue weighted by atomic mass is 9.91. The predicted octanol–water partition coefficient (Wildman–Crippen LogP) is 4.71. The molecule has 1 aliphatic carbocycles. The summed E-state index contributed by atoms with van der Waals surface area (Å²) in [5, 5.41) is 3.06. The molecule has 0 unspecified atom stereocenters. The third-order valence-corrected chi connectivity index (χ3v) is 7.04. The van der Waals surface area contributed by atoms with Crippen molar-refractivity contribution in [2.45, 2.75) is 39.2 Å². The van der Waals surface area contributed by atoms with Gasteiger partial charge in [0.15, 0.2) is 11.6 Å². The minimum atomic E-state index is -0.840. The number of fused-ring (bicyclic) bond motifs is 1. The zero-order chi connectivity index (χ0) is 22.9. The fraction of sp³-hybridized carbons (Fsp3) is 0.444. The van der Waals surface area contributed by atoms with E-state index < -0.39 is 11.6 Å². The second-order valence-corrected chi connectivity index (χ2v) is 9.56. The Morgan fingerprint density at radius 3 is 2.61 bits per heavy atom. The Hall–Kier alpha value is -2.57. The van der Waals surface area contributed by atoms with Crippen LogP contribution in [-0.4, -0.2) is 43.7 Å². The molecule has 1 N–H and O–H groups in total. The summed E-state index contributed by atoms with van der Waals surface area (Å²) in [7, 11) is 0. The molecule has 0 spiro atoms. The smallest absolute Gasteiger partial charge is 0.251 e. The Balaban J connectivity index is 1.50. The van der Waals surface area contributed by atoms with Gasteiger partial charge in [0.25, 0.3) is 5.91 Å². The molecule has 4 nitrogen and oxygen atoms in total. The van der Waals surface area contributed by atoms with Gasteiger partial charge in [-0.1, -0.05) is 17.7 Å². The van der Waals surface area contributed by atoms with Crippen LogP contribution in [0.4, 0.5) is 8.78 Å². The van der Waals surface area contributed by atoms with Crippen LogP contribution in [0.25, 0.3) is 16.7 Å². The van der Waals surface area contributed by atoms with Gasteiger partial charge >= 0.3 is 0 Å². The molecule has 3 aliphatic rings. The summed E-state index contributed by atoms with van der Waals surface area (Å²) in [5.74, 6) is -1.41. The number of rotatable bonds is 6. The molecule has 0 saturated carbocycles. The standard InChI is InChI=1S/C27H30F2N2O2/c1-17-4-2-5-20-6-7-21(12-22(20)25(17)27(32)30-13-19-15-33-16-19)23-10-18(11-24(28)26(23)29)14-31-8-3-9-31/h6-7,10-12,19H,2-5,8-9,13-16H2,1H3,(H,30,32). The Labute approximate surface area is 193 Å². The van der Waals surface area contributed by atoms with Crippen LogP contribution in [0.5, 0.6) is 0 Å². The van der Waals surface area contributed by atoms with E-state index in [0.29, 0.717) is 43.4 Å². The summed E-state index contributed by atoms with van der Waals surface area (Å²) < 4.78 is 34.6. The van der Waals surface area contributed by atoms with Crippen LogP contribution in [0.2, 0.25) is 0 Å². The number of nitrogens with zero attached hydrogens (tertiary/aromatic N) is 1. The van der Waals surface area contributed by atoms with Crippen LogP contribution in [0.15, 0.2) is 35.9 Å². The number of halogens is 2. The summed E-state index contributed by atoms with van der Waals surface area (Å²) in [4.78, 5) is 15.4. The van der Waals surface area contributed by atoms with Crippen molar-refractivity contribution in [1.82, 2.24) is 10.2 Å². The fourth-order valence-corrected chi connectivity index (χ4v) is 4.88. The first-order valence-electron chi connectivity index (χ1n) is 11.9. The maximum atomic E-state index is 14.9. The number of nitrogens with one attached hydrogen (secondary N) is 1. The summed E-state index contributed by atoms with van der Waals surface area (Å²) in [6.07, 6.45) is 3.80. The van der Waals surface area contributed by atoms with Gasteiger partial charge in [0.1, 0.15) is 0 Å². The molecule has 2 saturated heterocycles. The van der Waals surface area contributed by atoms with Gasteiger partial charge in [-0.15, -0.1) is 0 Å². The van der Waals surface area contributed by atoms with Gasteiger partial charge in [-0.3, -0.25) is 9.69 Å². The lowest BCUT2D eigenvalue weighted by molar-refractivity contribution is -0.116. The minimum absolute atomic E-state index is 0.0992.